The fourth-order valence-electron chi connectivity index (χ4n) is 3.98. The normalized spacial score (nSPS) is 20.5. The van der Waals surface area contributed by atoms with Crippen LogP contribution >= 0.6 is 11.3 Å². The van der Waals surface area contributed by atoms with E-state index in [-0.39, 0.29) is 12.6 Å². The number of aliphatic carboxylic acids is 1. The molecule has 1 N–H and O–H groups in total. The maximum atomic E-state index is 10.9. The van der Waals surface area contributed by atoms with Crippen molar-refractivity contribution < 1.29 is 14.6 Å². The lowest BCUT2D eigenvalue weighted by atomic mass is 9.97. The first-order valence-electron chi connectivity index (χ1n) is 9.14. The van der Waals surface area contributed by atoms with E-state index < -0.39 is 5.97 Å². The number of carboxylic acids is 1. The molecule has 0 saturated carbocycles. The van der Waals surface area contributed by atoms with Gasteiger partial charge in [-0.25, -0.2) is 9.97 Å². The van der Waals surface area contributed by atoms with E-state index in [1.165, 1.54) is 28.7 Å². The summed E-state index contributed by atoms with van der Waals surface area (Å²) in [6, 6.07) is 0. The van der Waals surface area contributed by atoms with E-state index >= 15 is 0 Å². The van der Waals surface area contributed by atoms with Crippen molar-refractivity contribution in [2.75, 3.05) is 44.7 Å². The summed E-state index contributed by atoms with van der Waals surface area (Å²) in [5.41, 5.74) is 1.44. The SMILES string of the molecule is CN(CC(=O)O)CC1CN(c2ncnc3sc4c(c23)CCCC4)CCO1. The molecule has 26 heavy (non-hydrogen) atoms. The van der Waals surface area contributed by atoms with Crippen LogP contribution in [0.1, 0.15) is 23.3 Å². The molecule has 1 saturated heterocycles. The largest absolute Gasteiger partial charge is 0.480 e. The summed E-state index contributed by atoms with van der Waals surface area (Å²) in [5.74, 6) is 0.200. The number of hydrogen-bond acceptors (Lipinski definition) is 7. The topological polar surface area (TPSA) is 78.8 Å². The zero-order valence-corrected chi connectivity index (χ0v) is 15.8. The summed E-state index contributed by atoms with van der Waals surface area (Å²) in [5, 5.41) is 10.2. The van der Waals surface area contributed by atoms with Crippen LogP contribution in [0.15, 0.2) is 6.33 Å². The Morgan fingerprint density at radius 3 is 3.12 bits per heavy atom. The molecule has 0 bridgehead atoms. The zero-order valence-electron chi connectivity index (χ0n) is 15.0. The van der Waals surface area contributed by atoms with Crippen LogP contribution in [-0.4, -0.2) is 71.9 Å². The highest BCUT2D eigenvalue weighted by Gasteiger charge is 2.27. The van der Waals surface area contributed by atoms with E-state index in [4.69, 9.17) is 9.84 Å². The number of thiophene rings is 1. The first-order chi connectivity index (χ1) is 12.6. The number of likely N-dealkylation sites (N-methyl/N-ethyl adjacent to an activating group) is 1. The number of anilines is 1. The molecule has 8 heteroatoms. The molecule has 3 heterocycles. The lowest BCUT2D eigenvalue weighted by Crippen LogP contribution is -2.48. The van der Waals surface area contributed by atoms with Crippen LogP contribution in [0, 0.1) is 0 Å². The predicted octanol–water partition coefficient (Wildman–Crippen LogP) is 1.79. The van der Waals surface area contributed by atoms with Crippen molar-refractivity contribution in [1.82, 2.24) is 14.9 Å². The Morgan fingerprint density at radius 1 is 1.42 bits per heavy atom. The molecule has 2 aliphatic rings. The van der Waals surface area contributed by atoms with Crippen molar-refractivity contribution in [2.45, 2.75) is 31.8 Å². The summed E-state index contributed by atoms with van der Waals surface area (Å²) >= 11 is 1.81. The van der Waals surface area contributed by atoms with Gasteiger partial charge in [-0.3, -0.25) is 9.69 Å². The molecule has 1 aliphatic heterocycles. The number of ether oxygens (including phenoxy) is 1. The minimum absolute atomic E-state index is 0.0208. The number of aryl methyl sites for hydroxylation is 2. The van der Waals surface area contributed by atoms with Gasteiger partial charge < -0.3 is 14.7 Å². The van der Waals surface area contributed by atoms with Gasteiger partial charge in [0.25, 0.3) is 0 Å². The number of aromatic nitrogens is 2. The Bertz CT molecular complexity index is 809. The highest BCUT2D eigenvalue weighted by atomic mass is 32.1. The molecule has 7 nitrogen and oxygen atoms in total. The van der Waals surface area contributed by atoms with E-state index in [9.17, 15) is 4.79 Å². The molecule has 0 radical (unpaired) electrons. The van der Waals surface area contributed by atoms with E-state index in [2.05, 4.69) is 14.9 Å². The third-order valence-electron chi connectivity index (χ3n) is 5.09. The number of nitrogens with zero attached hydrogens (tertiary/aromatic N) is 4. The van der Waals surface area contributed by atoms with Crippen molar-refractivity contribution in [3.05, 3.63) is 16.8 Å². The van der Waals surface area contributed by atoms with Crippen molar-refractivity contribution in [3.63, 3.8) is 0 Å². The molecule has 1 fully saturated rings. The highest BCUT2D eigenvalue weighted by molar-refractivity contribution is 7.19. The molecule has 1 aliphatic carbocycles. The maximum Gasteiger partial charge on any atom is 0.317 e. The quantitative estimate of drug-likeness (QED) is 0.852. The van der Waals surface area contributed by atoms with Crippen LogP contribution in [0.4, 0.5) is 5.82 Å². The van der Waals surface area contributed by atoms with Crippen LogP contribution < -0.4 is 4.90 Å². The van der Waals surface area contributed by atoms with Gasteiger partial charge in [-0.05, 0) is 38.3 Å². The van der Waals surface area contributed by atoms with Gasteiger partial charge in [0.15, 0.2) is 0 Å². The monoisotopic (exact) mass is 376 g/mol. The van der Waals surface area contributed by atoms with Crippen LogP contribution in [-0.2, 0) is 22.4 Å². The average molecular weight is 376 g/mol. The van der Waals surface area contributed by atoms with E-state index in [1.807, 2.05) is 18.4 Å². The number of morpholine rings is 1. The summed E-state index contributed by atoms with van der Waals surface area (Å²) in [6.07, 6.45) is 6.41. The first kappa shape index (κ1) is 17.6. The average Bonchev–Trinajstić information content (AvgIpc) is 3.00. The van der Waals surface area contributed by atoms with Gasteiger partial charge >= 0.3 is 5.97 Å². The van der Waals surface area contributed by atoms with Gasteiger partial charge in [-0.15, -0.1) is 11.3 Å². The maximum absolute atomic E-state index is 10.9. The Balaban J connectivity index is 1.57. The Labute approximate surface area is 156 Å². The fourth-order valence-corrected chi connectivity index (χ4v) is 5.20. The molecule has 1 atom stereocenters. The molecule has 2 aromatic rings. The van der Waals surface area contributed by atoms with Crippen molar-refractivity contribution in [2.24, 2.45) is 0 Å². The van der Waals surface area contributed by atoms with Gasteiger partial charge in [0, 0.05) is 24.5 Å². The number of rotatable bonds is 5. The van der Waals surface area contributed by atoms with Crippen LogP contribution in [0.5, 0.6) is 0 Å². The molecule has 140 valence electrons. The highest BCUT2D eigenvalue weighted by Crippen LogP contribution is 2.39. The second-order valence-corrected chi connectivity index (χ2v) is 8.20. The molecule has 1 unspecified atom stereocenters. The molecule has 0 spiro atoms. The second-order valence-electron chi connectivity index (χ2n) is 7.12. The third-order valence-corrected chi connectivity index (χ3v) is 6.29. The minimum atomic E-state index is -0.817. The van der Waals surface area contributed by atoms with E-state index in [0.29, 0.717) is 13.2 Å². The molecule has 2 aromatic heterocycles. The fraction of sp³-hybridized carbons (Fsp3) is 0.611. The number of carboxylic acid groups (broad SMARTS) is 1. The molecule has 0 amide bonds. The van der Waals surface area contributed by atoms with Gasteiger partial charge in [-0.2, -0.15) is 0 Å². The number of hydrogen-bond donors (Lipinski definition) is 1. The summed E-state index contributed by atoms with van der Waals surface area (Å²) in [4.78, 5) is 26.7. The van der Waals surface area contributed by atoms with Crippen molar-refractivity contribution in [3.8, 4) is 0 Å². The number of fused-ring (bicyclic) bond motifs is 3. The summed E-state index contributed by atoms with van der Waals surface area (Å²) in [7, 11) is 1.81. The second kappa shape index (κ2) is 7.46. The number of carbonyl (C=O) groups is 1. The predicted molar refractivity (Wildman–Crippen MR) is 101 cm³/mol. The lowest BCUT2D eigenvalue weighted by Gasteiger charge is -2.35. The molecular weight excluding hydrogens is 352 g/mol. The third kappa shape index (κ3) is 3.54. The van der Waals surface area contributed by atoms with Crippen LogP contribution in [0.2, 0.25) is 0 Å². The summed E-state index contributed by atoms with van der Waals surface area (Å²) in [6.45, 7) is 2.77. The molecule has 0 aromatic carbocycles. The lowest BCUT2D eigenvalue weighted by molar-refractivity contribution is -0.138. The Kier molecular flexibility index (Phi) is 5.06. The van der Waals surface area contributed by atoms with Crippen molar-refractivity contribution in [1.29, 1.82) is 0 Å². The van der Waals surface area contributed by atoms with Crippen LogP contribution in [0.25, 0.3) is 10.2 Å². The van der Waals surface area contributed by atoms with Gasteiger partial charge in [0.05, 0.1) is 24.6 Å². The van der Waals surface area contributed by atoms with Crippen molar-refractivity contribution >= 4 is 33.3 Å². The Hall–Kier alpha value is -1.77. The molecular formula is C18H24N4O3S. The van der Waals surface area contributed by atoms with Gasteiger partial charge in [0.1, 0.15) is 17.0 Å². The van der Waals surface area contributed by atoms with E-state index in [1.54, 1.807) is 11.2 Å². The zero-order chi connectivity index (χ0) is 18.1. The molecule has 4 rings (SSSR count). The summed E-state index contributed by atoms with van der Waals surface area (Å²) < 4.78 is 5.87. The minimum Gasteiger partial charge on any atom is -0.480 e. The van der Waals surface area contributed by atoms with Crippen LogP contribution in [0.3, 0.4) is 0 Å². The first-order valence-corrected chi connectivity index (χ1v) is 9.95. The van der Waals surface area contributed by atoms with Gasteiger partial charge in [-0.1, -0.05) is 0 Å². The standard InChI is InChI=1S/C18H24N4O3S/c1-21(10-15(23)24)8-12-9-22(6-7-25-12)17-16-13-4-2-3-5-14(13)26-18(16)20-11-19-17/h11-12H,2-10H2,1H3,(H,23,24). The van der Waals surface area contributed by atoms with Gasteiger partial charge in [0.2, 0.25) is 0 Å². The Morgan fingerprint density at radius 2 is 2.27 bits per heavy atom. The smallest absolute Gasteiger partial charge is 0.317 e. The van der Waals surface area contributed by atoms with E-state index in [0.717, 1.165) is 36.6 Å².